The van der Waals surface area contributed by atoms with Gasteiger partial charge in [-0.2, -0.15) is 0 Å². The van der Waals surface area contributed by atoms with Crippen LogP contribution in [0.2, 0.25) is 5.02 Å². The Morgan fingerprint density at radius 3 is 2.64 bits per heavy atom. The number of carbonyl (C=O) groups is 3. The van der Waals surface area contributed by atoms with Gasteiger partial charge in [-0.25, -0.2) is 28.1 Å². The van der Waals surface area contributed by atoms with Crippen molar-refractivity contribution in [2.24, 2.45) is 0 Å². The summed E-state index contributed by atoms with van der Waals surface area (Å²) in [5.74, 6) is -2.06. The second-order valence-corrected chi connectivity index (χ2v) is 10.9. The van der Waals surface area contributed by atoms with Crippen molar-refractivity contribution in [1.82, 2.24) is 15.1 Å². The first-order chi connectivity index (χ1) is 18.7. The van der Waals surface area contributed by atoms with E-state index in [9.17, 15) is 23.2 Å². The Morgan fingerprint density at radius 1 is 1.08 bits per heavy atom. The van der Waals surface area contributed by atoms with Gasteiger partial charge in [-0.1, -0.05) is 17.7 Å². The number of piperidine rings is 1. The second kappa shape index (κ2) is 9.95. The lowest BCUT2D eigenvalue weighted by Crippen LogP contribution is -2.51. The van der Waals surface area contributed by atoms with Crippen LogP contribution in [0.1, 0.15) is 49.3 Å². The molecule has 3 aliphatic heterocycles. The average molecular weight is 561 g/mol. The molecule has 1 aliphatic carbocycles. The number of amides is 4. The summed E-state index contributed by atoms with van der Waals surface area (Å²) >= 11 is 6.24. The highest BCUT2D eigenvalue weighted by Gasteiger charge is 2.46. The Hall–Kier alpha value is -3.44. The van der Waals surface area contributed by atoms with Gasteiger partial charge in [0, 0.05) is 48.6 Å². The SMILES string of the molecule is O=C1Nc2ccc(Cl)cc2C2(CCN(C3CCC(NC(=O)N4C(=O)OCC4c4ccc(F)c(F)c4)C3)CC2)O1. The number of benzene rings is 2. The highest BCUT2D eigenvalue weighted by Crippen LogP contribution is 2.45. The number of rotatable bonds is 3. The normalized spacial score (nSPS) is 26.1. The number of cyclic esters (lactones) is 1. The maximum Gasteiger partial charge on any atom is 0.418 e. The molecule has 3 unspecified atom stereocenters. The molecule has 12 heteroatoms. The first-order valence-corrected chi connectivity index (χ1v) is 13.4. The molecule has 2 aromatic carbocycles. The predicted octanol–water partition coefficient (Wildman–Crippen LogP) is 5.30. The van der Waals surface area contributed by atoms with Crippen LogP contribution in [-0.2, 0) is 15.1 Å². The fourth-order valence-corrected chi connectivity index (χ4v) is 6.44. The summed E-state index contributed by atoms with van der Waals surface area (Å²) in [4.78, 5) is 40.9. The minimum absolute atomic E-state index is 0.130. The summed E-state index contributed by atoms with van der Waals surface area (Å²) in [7, 11) is 0. The summed E-state index contributed by atoms with van der Waals surface area (Å²) in [6.07, 6.45) is 2.24. The molecule has 2 N–H and O–H groups in total. The van der Waals surface area contributed by atoms with Gasteiger partial charge in [0.25, 0.3) is 0 Å². The maximum absolute atomic E-state index is 13.8. The number of ether oxygens (including phenoxy) is 2. The molecule has 4 amide bonds. The number of nitrogens with one attached hydrogen (secondary N) is 2. The van der Waals surface area contributed by atoms with Crippen LogP contribution in [0.15, 0.2) is 36.4 Å². The minimum atomic E-state index is -1.06. The molecule has 2 saturated heterocycles. The van der Waals surface area contributed by atoms with Gasteiger partial charge in [0.15, 0.2) is 11.6 Å². The van der Waals surface area contributed by atoms with Gasteiger partial charge >= 0.3 is 18.2 Å². The molecular weight excluding hydrogens is 534 g/mol. The molecule has 0 radical (unpaired) electrons. The first-order valence-electron chi connectivity index (χ1n) is 13.0. The molecule has 206 valence electrons. The summed E-state index contributed by atoms with van der Waals surface area (Å²) in [6, 6.07) is 7.26. The number of urea groups is 1. The number of nitrogens with zero attached hydrogens (tertiary/aromatic N) is 2. The number of hydrogen-bond donors (Lipinski definition) is 2. The van der Waals surface area contributed by atoms with Crippen molar-refractivity contribution < 1.29 is 32.6 Å². The van der Waals surface area contributed by atoms with Gasteiger partial charge in [-0.15, -0.1) is 0 Å². The molecule has 1 saturated carbocycles. The van der Waals surface area contributed by atoms with Crippen molar-refractivity contribution in [1.29, 1.82) is 0 Å². The lowest BCUT2D eigenvalue weighted by Gasteiger charge is -2.45. The molecule has 0 bridgehead atoms. The number of likely N-dealkylation sites (tertiary alicyclic amines) is 1. The van der Waals surface area contributed by atoms with Crippen molar-refractivity contribution in [3.63, 3.8) is 0 Å². The van der Waals surface area contributed by atoms with Crippen LogP contribution in [0.5, 0.6) is 0 Å². The van der Waals surface area contributed by atoms with Crippen LogP contribution in [0, 0.1) is 11.6 Å². The maximum atomic E-state index is 13.8. The number of imide groups is 1. The van der Waals surface area contributed by atoms with E-state index in [0.717, 1.165) is 41.1 Å². The number of carbonyl (C=O) groups excluding carboxylic acids is 3. The molecule has 3 fully saturated rings. The van der Waals surface area contributed by atoms with Gasteiger partial charge in [-0.3, -0.25) is 10.2 Å². The molecule has 4 aliphatic rings. The number of hydrogen-bond acceptors (Lipinski definition) is 6. The Balaban J connectivity index is 1.08. The summed E-state index contributed by atoms with van der Waals surface area (Å²) < 4.78 is 38.0. The van der Waals surface area contributed by atoms with Crippen molar-refractivity contribution >= 4 is 35.5 Å². The molecule has 0 aromatic heterocycles. The van der Waals surface area contributed by atoms with E-state index >= 15 is 0 Å². The van der Waals surface area contributed by atoms with E-state index in [1.54, 1.807) is 12.1 Å². The molecule has 9 nitrogen and oxygen atoms in total. The van der Waals surface area contributed by atoms with E-state index in [4.69, 9.17) is 21.1 Å². The molecular formula is C27H27ClF2N4O5. The number of halogens is 3. The highest BCUT2D eigenvalue weighted by molar-refractivity contribution is 6.30. The minimum Gasteiger partial charge on any atom is -0.446 e. The summed E-state index contributed by atoms with van der Waals surface area (Å²) in [5, 5.41) is 6.26. The lowest BCUT2D eigenvalue weighted by molar-refractivity contribution is -0.0453. The summed E-state index contributed by atoms with van der Waals surface area (Å²) in [6.45, 7) is 1.29. The second-order valence-electron chi connectivity index (χ2n) is 10.5. The smallest absolute Gasteiger partial charge is 0.418 e. The van der Waals surface area contributed by atoms with Crippen molar-refractivity contribution in [2.75, 3.05) is 25.0 Å². The molecule has 1 spiro atoms. The van der Waals surface area contributed by atoms with E-state index in [-0.39, 0.29) is 24.3 Å². The third-order valence-corrected chi connectivity index (χ3v) is 8.51. The van der Waals surface area contributed by atoms with Crippen molar-refractivity contribution in [2.45, 2.75) is 55.8 Å². The first kappa shape index (κ1) is 25.8. The molecule has 3 heterocycles. The van der Waals surface area contributed by atoms with Crippen LogP contribution in [-0.4, -0.2) is 59.8 Å². The Bertz CT molecular complexity index is 1340. The molecule has 2 aromatic rings. The van der Waals surface area contributed by atoms with Gasteiger partial charge in [0.05, 0.1) is 5.69 Å². The zero-order chi connectivity index (χ0) is 27.3. The van der Waals surface area contributed by atoms with Crippen molar-refractivity contribution in [3.8, 4) is 0 Å². The Morgan fingerprint density at radius 2 is 1.87 bits per heavy atom. The van der Waals surface area contributed by atoms with E-state index in [1.807, 2.05) is 6.07 Å². The Kier molecular flexibility index (Phi) is 6.58. The fraction of sp³-hybridized carbons (Fsp3) is 0.444. The zero-order valence-electron chi connectivity index (χ0n) is 20.9. The molecule has 3 atom stereocenters. The highest BCUT2D eigenvalue weighted by atomic mass is 35.5. The van der Waals surface area contributed by atoms with Gasteiger partial charge < -0.3 is 14.8 Å². The zero-order valence-corrected chi connectivity index (χ0v) is 21.7. The summed E-state index contributed by atoms with van der Waals surface area (Å²) in [5.41, 5.74) is 1.16. The Labute approximate surface area is 228 Å². The quantitative estimate of drug-likeness (QED) is 0.529. The molecule has 6 rings (SSSR count). The lowest BCUT2D eigenvalue weighted by atomic mass is 9.82. The van der Waals surface area contributed by atoms with Crippen molar-refractivity contribution in [3.05, 3.63) is 64.2 Å². The fourth-order valence-electron chi connectivity index (χ4n) is 6.27. The number of fused-ring (bicyclic) bond motifs is 2. The third-order valence-electron chi connectivity index (χ3n) is 8.27. The van der Waals surface area contributed by atoms with Gasteiger partial charge in [0.1, 0.15) is 18.2 Å². The van der Waals surface area contributed by atoms with Gasteiger partial charge in [-0.05, 0) is 55.2 Å². The van der Waals surface area contributed by atoms with Crippen LogP contribution in [0.3, 0.4) is 0 Å². The van der Waals surface area contributed by atoms with Crippen LogP contribution >= 0.6 is 11.6 Å². The van der Waals surface area contributed by atoms with E-state index in [2.05, 4.69) is 15.5 Å². The van der Waals surface area contributed by atoms with Crippen LogP contribution in [0.25, 0.3) is 0 Å². The van der Waals surface area contributed by atoms with E-state index in [0.29, 0.717) is 37.4 Å². The largest absolute Gasteiger partial charge is 0.446 e. The van der Waals surface area contributed by atoms with E-state index in [1.165, 1.54) is 6.07 Å². The predicted molar refractivity (Wildman–Crippen MR) is 136 cm³/mol. The monoisotopic (exact) mass is 560 g/mol. The average Bonchev–Trinajstić information content (AvgIpc) is 3.53. The van der Waals surface area contributed by atoms with Crippen LogP contribution < -0.4 is 10.6 Å². The van der Waals surface area contributed by atoms with Crippen LogP contribution in [0.4, 0.5) is 28.9 Å². The van der Waals surface area contributed by atoms with E-state index < -0.39 is 41.5 Å². The standard InChI is InChI=1S/C27H27ClF2N4O5/c28-16-2-6-22-19(12-16)27(39-25(36)32-22)7-9-33(10-8-27)18-4-3-17(13-18)31-24(35)34-23(14-38-26(34)37)15-1-5-20(29)21(30)11-15/h1-2,5-6,11-12,17-18,23H,3-4,7-10,13-14H2,(H,31,35)(H,32,36). The third kappa shape index (κ3) is 4.78. The topological polar surface area (TPSA) is 100 Å². The number of anilines is 1. The molecule has 39 heavy (non-hydrogen) atoms. The van der Waals surface area contributed by atoms with Gasteiger partial charge in [0.2, 0.25) is 0 Å².